The summed E-state index contributed by atoms with van der Waals surface area (Å²) >= 11 is 0. The molecule has 0 spiro atoms. The van der Waals surface area contributed by atoms with Crippen molar-refractivity contribution in [1.29, 1.82) is 0 Å². The van der Waals surface area contributed by atoms with Gasteiger partial charge in [0, 0.05) is 17.4 Å². The molecule has 0 atom stereocenters. The Morgan fingerprint density at radius 2 is 1.90 bits per heavy atom. The lowest BCUT2D eigenvalue weighted by molar-refractivity contribution is 0.342. The van der Waals surface area contributed by atoms with E-state index in [1.807, 2.05) is 31.2 Å². The summed E-state index contributed by atoms with van der Waals surface area (Å²) in [5.41, 5.74) is 10.0. The number of nitrogens with one attached hydrogen (secondary N) is 1. The maximum atomic E-state index is 5.89. The van der Waals surface area contributed by atoms with E-state index < -0.39 is 0 Å². The molecule has 0 aliphatic rings. The molecule has 2 aromatic carbocycles. The third-order valence-electron chi connectivity index (χ3n) is 3.13. The minimum absolute atomic E-state index is 0.611. The van der Waals surface area contributed by atoms with Crippen LogP contribution in [0, 0.1) is 0 Å². The van der Waals surface area contributed by atoms with Crippen molar-refractivity contribution >= 4 is 17.1 Å². The standard InChI is InChI=1S/C17H22N2O/c1-3-7-13-8-5-6-9-16(13)19-14-10-11-15(18)17(12-14)20-4-2/h5-6,8-12,19H,3-4,7,18H2,1-2H3. The Kier molecular flexibility index (Phi) is 4.88. The highest BCUT2D eigenvalue weighted by atomic mass is 16.5. The molecule has 106 valence electrons. The highest BCUT2D eigenvalue weighted by molar-refractivity contribution is 5.68. The van der Waals surface area contributed by atoms with Gasteiger partial charge in [0.05, 0.1) is 12.3 Å². The Bertz CT molecular complexity index is 567. The average molecular weight is 270 g/mol. The zero-order valence-corrected chi connectivity index (χ0v) is 12.1. The first-order valence-corrected chi connectivity index (χ1v) is 7.11. The van der Waals surface area contributed by atoms with Gasteiger partial charge in [0.2, 0.25) is 0 Å². The maximum Gasteiger partial charge on any atom is 0.144 e. The number of anilines is 3. The molecule has 20 heavy (non-hydrogen) atoms. The molecule has 3 N–H and O–H groups in total. The van der Waals surface area contributed by atoms with Gasteiger partial charge >= 0.3 is 0 Å². The highest BCUT2D eigenvalue weighted by Gasteiger charge is 2.04. The molecule has 0 amide bonds. The van der Waals surface area contributed by atoms with Gasteiger partial charge < -0.3 is 15.8 Å². The number of nitrogen functional groups attached to an aromatic ring is 1. The second kappa shape index (κ2) is 6.85. The maximum absolute atomic E-state index is 5.89. The number of rotatable bonds is 6. The SMILES string of the molecule is CCCc1ccccc1Nc1ccc(N)c(OCC)c1. The van der Waals surface area contributed by atoms with Crippen LogP contribution in [-0.2, 0) is 6.42 Å². The topological polar surface area (TPSA) is 47.3 Å². The zero-order valence-electron chi connectivity index (χ0n) is 12.1. The number of nitrogens with two attached hydrogens (primary N) is 1. The predicted octanol–water partition coefficient (Wildman–Crippen LogP) is 4.36. The largest absolute Gasteiger partial charge is 0.492 e. The molecule has 2 aromatic rings. The lowest BCUT2D eigenvalue weighted by atomic mass is 10.1. The van der Waals surface area contributed by atoms with Crippen LogP contribution in [0.3, 0.4) is 0 Å². The number of benzene rings is 2. The summed E-state index contributed by atoms with van der Waals surface area (Å²) in [6.07, 6.45) is 2.20. The normalized spacial score (nSPS) is 10.3. The molecule has 2 rings (SSSR count). The number of para-hydroxylation sites is 1. The lowest BCUT2D eigenvalue weighted by Crippen LogP contribution is -2.00. The van der Waals surface area contributed by atoms with Crippen molar-refractivity contribution in [1.82, 2.24) is 0 Å². The Morgan fingerprint density at radius 1 is 1.10 bits per heavy atom. The third kappa shape index (κ3) is 3.44. The fraction of sp³-hybridized carbons (Fsp3) is 0.294. The van der Waals surface area contributed by atoms with Crippen molar-refractivity contribution in [2.45, 2.75) is 26.7 Å². The summed E-state index contributed by atoms with van der Waals surface area (Å²) in [7, 11) is 0. The molecular weight excluding hydrogens is 248 g/mol. The van der Waals surface area contributed by atoms with E-state index in [4.69, 9.17) is 10.5 Å². The molecule has 0 aliphatic carbocycles. The minimum Gasteiger partial charge on any atom is -0.492 e. The van der Waals surface area contributed by atoms with E-state index in [1.165, 1.54) is 5.56 Å². The molecule has 0 aliphatic heterocycles. The Morgan fingerprint density at radius 3 is 2.65 bits per heavy atom. The highest BCUT2D eigenvalue weighted by Crippen LogP contribution is 2.28. The van der Waals surface area contributed by atoms with Crippen LogP contribution in [0.4, 0.5) is 17.1 Å². The first kappa shape index (κ1) is 14.3. The van der Waals surface area contributed by atoms with Crippen molar-refractivity contribution in [2.75, 3.05) is 17.7 Å². The van der Waals surface area contributed by atoms with Gasteiger partial charge in [0.15, 0.2) is 0 Å². The van der Waals surface area contributed by atoms with E-state index in [9.17, 15) is 0 Å². The fourth-order valence-electron chi connectivity index (χ4n) is 2.18. The van der Waals surface area contributed by atoms with Crippen LogP contribution >= 0.6 is 0 Å². The molecule has 0 radical (unpaired) electrons. The smallest absolute Gasteiger partial charge is 0.144 e. The molecule has 0 saturated carbocycles. The predicted molar refractivity (Wildman–Crippen MR) is 85.7 cm³/mol. The first-order valence-electron chi connectivity index (χ1n) is 7.11. The van der Waals surface area contributed by atoms with Crippen molar-refractivity contribution in [3.8, 4) is 5.75 Å². The minimum atomic E-state index is 0.611. The molecule has 0 bridgehead atoms. The summed E-state index contributed by atoms with van der Waals surface area (Å²) in [4.78, 5) is 0. The monoisotopic (exact) mass is 270 g/mol. The number of aryl methyl sites for hydroxylation is 1. The van der Waals surface area contributed by atoms with Crippen LogP contribution in [0.25, 0.3) is 0 Å². The second-order valence-electron chi connectivity index (χ2n) is 4.72. The summed E-state index contributed by atoms with van der Waals surface area (Å²) in [5.74, 6) is 0.727. The van der Waals surface area contributed by atoms with Gasteiger partial charge in [-0.25, -0.2) is 0 Å². The second-order valence-corrected chi connectivity index (χ2v) is 4.72. The van der Waals surface area contributed by atoms with Crippen molar-refractivity contribution in [3.05, 3.63) is 48.0 Å². The summed E-state index contributed by atoms with van der Waals surface area (Å²) in [6, 6.07) is 14.2. The number of ether oxygens (including phenoxy) is 1. The van der Waals surface area contributed by atoms with E-state index in [-0.39, 0.29) is 0 Å². The van der Waals surface area contributed by atoms with Gasteiger partial charge in [0.1, 0.15) is 5.75 Å². The van der Waals surface area contributed by atoms with Crippen LogP contribution in [0.5, 0.6) is 5.75 Å². The van der Waals surface area contributed by atoms with Crippen molar-refractivity contribution in [2.24, 2.45) is 0 Å². The third-order valence-corrected chi connectivity index (χ3v) is 3.13. The van der Waals surface area contributed by atoms with Crippen LogP contribution in [-0.4, -0.2) is 6.61 Å². The molecular formula is C17H22N2O. The molecule has 0 fully saturated rings. The molecule has 3 heteroatoms. The van der Waals surface area contributed by atoms with E-state index in [0.717, 1.165) is 30.0 Å². The van der Waals surface area contributed by atoms with E-state index in [1.54, 1.807) is 0 Å². The van der Waals surface area contributed by atoms with Gasteiger partial charge in [-0.3, -0.25) is 0 Å². The van der Waals surface area contributed by atoms with E-state index >= 15 is 0 Å². The van der Waals surface area contributed by atoms with Gasteiger partial charge in [-0.1, -0.05) is 31.5 Å². The van der Waals surface area contributed by atoms with Gasteiger partial charge in [-0.05, 0) is 37.1 Å². The average Bonchev–Trinajstić information content (AvgIpc) is 2.45. The van der Waals surface area contributed by atoms with Crippen LogP contribution in [0.1, 0.15) is 25.8 Å². The Hall–Kier alpha value is -2.16. The molecule has 3 nitrogen and oxygen atoms in total. The van der Waals surface area contributed by atoms with Gasteiger partial charge in [0.25, 0.3) is 0 Å². The molecule has 0 aromatic heterocycles. The Labute approximate surface area is 120 Å². The van der Waals surface area contributed by atoms with Crippen molar-refractivity contribution < 1.29 is 4.74 Å². The molecule has 0 unspecified atom stereocenters. The molecule has 0 heterocycles. The first-order chi connectivity index (χ1) is 9.74. The van der Waals surface area contributed by atoms with E-state index in [2.05, 4.69) is 30.4 Å². The lowest BCUT2D eigenvalue weighted by Gasteiger charge is -2.14. The fourth-order valence-corrected chi connectivity index (χ4v) is 2.18. The summed E-state index contributed by atoms with van der Waals surface area (Å²) in [5, 5.41) is 3.45. The summed E-state index contributed by atoms with van der Waals surface area (Å²) in [6.45, 7) is 4.75. The number of hydrogen-bond donors (Lipinski definition) is 2. The van der Waals surface area contributed by atoms with Crippen LogP contribution < -0.4 is 15.8 Å². The van der Waals surface area contributed by atoms with Gasteiger partial charge in [-0.2, -0.15) is 0 Å². The Balaban J connectivity index is 2.23. The van der Waals surface area contributed by atoms with Crippen LogP contribution in [0.2, 0.25) is 0 Å². The quantitative estimate of drug-likeness (QED) is 0.766. The van der Waals surface area contributed by atoms with E-state index in [0.29, 0.717) is 12.3 Å². The summed E-state index contributed by atoms with van der Waals surface area (Å²) < 4.78 is 5.53. The van der Waals surface area contributed by atoms with Crippen molar-refractivity contribution in [3.63, 3.8) is 0 Å². The number of hydrogen-bond acceptors (Lipinski definition) is 3. The van der Waals surface area contributed by atoms with Crippen LogP contribution in [0.15, 0.2) is 42.5 Å². The zero-order chi connectivity index (χ0) is 14.4. The van der Waals surface area contributed by atoms with Gasteiger partial charge in [-0.15, -0.1) is 0 Å². The molecule has 0 saturated heterocycles.